The second-order valence-electron chi connectivity index (χ2n) is 3.02. The number of hydrogen-bond donors (Lipinski definition) is 0. The van der Waals surface area contributed by atoms with Crippen LogP contribution in [0.25, 0.3) is 11.3 Å². The molecule has 0 unspecified atom stereocenters. The van der Waals surface area contributed by atoms with Crippen molar-refractivity contribution in [3.05, 3.63) is 41.1 Å². The third-order valence-electron chi connectivity index (χ3n) is 1.95. The van der Waals surface area contributed by atoms with Gasteiger partial charge in [-0.1, -0.05) is 28.9 Å². The van der Waals surface area contributed by atoms with Crippen LogP contribution in [0.1, 0.15) is 5.76 Å². The van der Waals surface area contributed by atoms with Gasteiger partial charge < -0.3 is 4.52 Å². The van der Waals surface area contributed by atoms with E-state index in [1.165, 1.54) is 0 Å². The largest absolute Gasteiger partial charge is 0.360 e. The SMILES string of the molecule is N#CCc1cc(-c2ccc(Cl)cc2)no1. The van der Waals surface area contributed by atoms with Crippen LogP contribution < -0.4 is 0 Å². The van der Waals surface area contributed by atoms with Gasteiger partial charge in [0.2, 0.25) is 0 Å². The fourth-order valence-corrected chi connectivity index (χ4v) is 1.36. The molecule has 2 rings (SSSR count). The minimum atomic E-state index is 0.237. The topological polar surface area (TPSA) is 49.8 Å². The highest BCUT2D eigenvalue weighted by molar-refractivity contribution is 6.30. The molecule has 4 heteroatoms. The van der Waals surface area contributed by atoms with E-state index in [1.807, 2.05) is 18.2 Å². The Morgan fingerprint density at radius 2 is 2.07 bits per heavy atom. The Bertz CT molecular complexity index is 496. The molecule has 0 bridgehead atoms. The van der Waals surface area contributed by atoms with Crippen molar-refractivity contribution < 1.29 is 4.52 Å². The van der Waals surface area contributed by atoms with Gasteiger partial charge >= 0.3 is 0 Å². The van der Waals surface area contributed by atoms with E-state index in [0.717, 1.165) is 11.3 Å². The molecular weight excluding hydrogens is 212 g/mol. The van der Waals surface area contributed by atoms with Gasteiger partial charge in [-0.05, 0) is 12.1 Å². The number of nitriles is 1. The van der Waals surface area contributed by atoms with E-state index < -0.39 is 0 Å². The fourth-order valence-electron chi connectivity index (χ4n) is 1.23. The predicted molar refractivity (Wildman–Crippen MR) is 56.3 cm³/mol. The van der Waals surface area contributed by atoms with Crippen LogP contribution in [-0.2, 0) is 6.42 Å². The van der Waals surface area contributed by atoms with Crippen LogP contribution in [0.4, 0.5) is 0 Å². The summed E-state index contributed by atoms with van der Waals surface area (Å²) in [5.41, 5.74) is 1.64. The van der Waals surface area contributed by atoms with E-state index in [0.29, 0.717) is 10.8 Å². The highest BCUT2D eigenvalue weighted by Gasteiger charge is 2.05. The molecule has 0 saturated heterocycles. The van der Waals surface area contributed by atoms with Gasteiger partial charge in [-0.3, -0.25) is 0 Å². The Hall–Kier alpha value is -1.79. The maximum Gasteiger partial charge on any atom is 0.151 e. The van der Waals surface area contributed by atoms with Crippen LogP contribution in [0.15, 0.2) is 34.9 Å². The average Bonchev–Trinajstić information content (AvgIpc) is 2.68. The van der Waals surface area contributed by atoms with Gasteiger partial charge in [-0.25, -0.2) is 0 Å². The van der Waals surface area contributed by atoms with Crippen molar-refractivity contribution in [1.82, 2.24) is 5.16 Å². The minimum Gasteiger partial charge on any atom is -0.360 e. The monoisotopic (exact) mass is 218 g/mol. The molecule has 2 aromatic rings. The molecular formula is C11H7ClN2O. The summed E-state index contributed by atoms with van der Waals surface area (Å²) in [6.07, 6.45) is 0.237. The van der Waals surface area contributed by atoms with Gasteiger partial charge in [-0.15, -0.1) is 0 Å². The fraction of sp³-hybridized carbons (Fsp3) is 0.0909. The Balaban J connectivity index is 2.30. The smallest absolute Gasteiger partial charge is 0.151 e. The zero-order valence-corrected chi connectivity index (χ0v) is 8.53. The molecule has 1 heterocycles. The lowest BCUT2D eigenvalue weighted by Crippen LogP contribution is -1.75. The molecule has 74 valence electrons. The van der Waals surface area contributed by atoms with E-state index >= 15 is 0 Å². The van der Waals surface area contributed by atoms with Crippen molar-refractivity contribution in [2.24, 2.45) is 0 Å². The molecule has 0 aliphatic rings. The highest BCUT2D eigenvalue weighted by Crippen LogP contribution is 2.21. The summed E-state index contributed by atoms with van der Waals surface area (Å²) in [4.78, 5) is 0. The van der Waals surface area contributed by atoms with Crippen LogP contribution in [0, 0.1) is 11.3 Å². The highest BCUT2D eigenvalue weighted by atomic mass is 35.5. The lowest BCUT2D eigenvalue weighted by molar-refractivity contribution is 0.393. The molecule has 0 fully saturated rings. The van der Waals surface area contributed by atoms with Gasteiger partial charge in [0, 0.05) is 16.7 Å². The van der Waals surface area contributed by atoms with Crippen molar-refractivity contribution >= 4 is 11.6 Å². The van der Waals surface area contributed by atoms with Crippen molar-refractivity contribution in [2.75, 3.05) is 0 Å². The maximum atomic E-state index is 8.48. The zero-order chi connectivity index (χ0) is 10.7. The van der Waals surface area contributed by atoms with Crippen LogP contribution >= 0.6 is 11.6 Å². The first-order valence-electron chi connectivity index (χ1n) is 4.38. The molecule has 0 N–H and O–H groups in total. The third-order valence-corrected chi connectivity index (χ3v) is 2.20. The van der Waals surface area contributed by atoms with Crippen molar-refractivity contribution in [1.29, 1.82) is 5.26 Å². The van der Waals surface area contributed by atoms with Gasteiger partial charge in [0.05, 0.1) is 12.5 Å². The van der Waals surface area contributed by atoms with Gasteiger partial charge in [0.15, 0.2) is 5.76 Å². The van der Waals surface area contributed by atoms with Crippen LogP contribution in [-0.4, -0.2) is 5.16 Å². The van der Waals surface area contributed by atoms with Gasteiger partial charge in [0.1, 0.15) is 5.69 Å². The summed E-state index contributed by atoms with van der Waals surface area (Å²) < 4.78 is 4.98. The Morgan fingerprint density at radius 1 is 1.33 bits per heavy atom. The first kappa shape index (κ1) is 9.75. The van der Waals surface area contributed by atoms with Crippen molar-refractivity contribution in [3.8, 4) is 17.3 Å². The molecule has 0 radical (unpaired) electrons. The number of nitrogens with zero attached hydrogens (tertiary/aromatic N) is 2. The standard InChI is InChI=1S/C11H7ClN2O/c12-9-3-1-8(2-4-9)11-7-10(5-6-13)15-14-11/h1-4,7H,5H2. The van der Waals surface area contributed by atoms with E-state index in [4.69, 9.17) is 21.4 Å². The number of benzene rings is 1. The molecule has 0 aliphatic heterocycles. The Kier molecular flexibility index (Phi) is 2.70. The number of aromatic nitrogens is 1. The molecule has 0 spiro atoms. The first-order valence-corrected chi connectivity index (χ1v) is 4.76. The average molecular weight is 219 g/mol. The molecule has 0 atom stereocenters. The molecule has 0 aliphatic carbocycles. The zero-order valence-electron chi connectivity index (χ0n) is 7.77. The summed E-state index contributed by atoms with van der Waals surface area (Å²) in [5.74, 6) is 0.572. The minimum absolute atomic E-state index is 0.237. The lowest BCUT2D eigenvalue weighted by atomic mass is 10.1. The quantitative estimate of drug-likeness (QED) is 0.779. The van der Waals surface area contributed by atoms with Crippen LogP contribution in [0.2, 0.25) is 5.02 Å². The first-order chi connectivity index (χ1) is 7.29. The lowest BCUT2D eigenvalue weighted by Gasteiger charge is -1.93. The van der Waals surface area contributed by atoms with Gasteiger partial charge in [-0.2, -0.15) is 5.26 Å². The Labute approximate surface area is 91.9 Å². The maximum absolute atomic E-state index is 8.48. The summed E-state index contributed by atoms with van der Waals surface area (Å²) >= 11 is 5.77. The number of hydrogen-bond acceptors (Lipinski definition) is 3. The van der Waals surface area contributed by atoms with Crippen molar-refractivity contribution in [3.63, 3.8) is 0 Å². The molecule has 1 aromatic carbocycles. The summed E-state index contributed by atoms with van der Waals surface area (Å²) in [6, 6.07) is 11.0. The third kappa shape index (κ3) is 2.17. The predicted octanol–water partition coefficient (Wildman–Crippen LogP) is 3.06. The van der Waals surface area contributed by atoms with E-state index in [2.05, 4.69) is 5.16 Å². The molecule has 15 heavy (non-hydrogen) atoms. The van der Waals surface area contributed by atoms with Crippen LogP contribution in [0.3, 0.4) is 0 Å². The summed E-state index contributed by atoms with van der Waals surface area (Å²) in [5, 5.41) is 13.0. The van der Waals surface area contributed by atoms with E-state index in [1.54, 1.807) is 18.2 Å². The number of halogens is 1. The number of rotatable bonds is 2. The molecule has 0 amide bonds. The van der Waals surface area contributed by atoms with Crippen molar-refractivity contribution in [2.45, 2.75) is 6.42 Å². The van der Waals surface area contributed by atoms with Gasteiger partial charge in [0.25, 0.3) is 0 Å². The molecule has 3 nitrogen and oxygen atoms in total. The summed E-state index contributed by atoms with van der Waals surface area (Å²) in [6.45, 7) is 0. The second-order valence-corrected chi connectivity index (χ2v) is 3.46. The van der Waals surface area contributed by atoms with E-state index in [-0.39, 0.29) is 6.42 Å². The normalized spacial score (nSPS) is 9.87. The van der Waals surface area contributed by atoms with Crippen LogP contribution in [0.5, 0.6) is 0 Å². The van der Waals surface area contributed by atoms with E-state index in [9.17, 15) is 0 Å². The Morgan fingerprint density at radius 3 is 2.73 bits per heavy atom. The second kappa shape index (κ2) is 4.16. The molecule has 0 saturated carbocycles. The molecule has 1 aromatic heterocycles. The summed E-state index contributed by atoms with van der Waals surface area (Å²) in [7, 11) is 0.